The third-order valence-electron chi connectivity index (χ3n) is 9.45. The van der Waals surface area contributed by atoms with Crippen LogP contribution in [-0.4, -0.2) is 73.3 Å². The highest BCUT2D eigenvalue weighted by Crippen LogP contribution is 2.42. The summed E-state index contributed by atoms with van der Waals surface area (Å²) in [6.07, 6.45) is 6.33. The van der Waals surface area contributed by atoms with Gasteiger partial charge < -0.3 is 25.6 Å². The highest BCUT2D eigenvalue weighted by molar-refractivity contribution is 6.36. The van der Waals surface area contributed by atoms with Gasteiger partial charge in [-0.1, -0.05) is 57.2 Å². The van der Waals surface area contributed by atoms with Crippen molar-refractivity contribution >= 4 is 35.0 Å². The molecule has 278 valence electrons. The fourth-order valence-electron chi connectivity index (χ4n) is 6.19. The first-order chi connectivity index (χ1) is 24.7. The van der Waals surface area contributed by atoms with Crippen LogP contribution in [0.1, 0.15) is 56.7 Å². The summed E-state index contributed by atoms with van der Waals surface area (Å²) in [5.41, 5.74) is 5.08. The van der Waals surface area contributed by atoms with Crippen LogP contribution in [0.5, 0.6) is 5.88 Å². The first-order valence-corrected chi connectivity index (χ1v) is 17.9. The van der Waals surface area contributed by atoms with E-state index in [1.807, 2.05) is 33.0 Å². The number of nitrogens with one attached hydrogen (secondary N) is 3. The number of nitrogens with zero attached hydrogens (tertiary/aromatic N) is 3. The quantitative estimate of drug-likeness (QED) is 0.185. The van der Waals surface area contributed by atoms with E-state index >= 15 is 4.39 Å². The molecule has 3 N–H and O–H groups in total. The lowest BCUT2D eigenvalue weighted by molar-refractivity contribution is -0.128. The number of benzene rings is 2. The Morgan fingerprint density at radius 1 is 1.13 bits per heavy atom. The van der Waals surface area contributed by atoms with Gasteiger partial charge in [-0.15, -0.1) is 0 Å². The van der Waals surface area contributed by atoms with Crippen molar-refractivity contribution in [2.45, 2.75) is 65.8 Å². The molecule has 3 aromatic rings. The molecule has 2 heterocycles. The number of pyridine rings is 1. The summed E-state index contributed by atoms with van der Waals surface area (Å²) < 4.78 is 20.9. The summed E-state index contributed by atoms with van der Waals surface area (Å²) in [6.45, 7) is 12.4. The molecule has 0 spiro atoms. The summed E-state index contributed by atoms with van der Waals surface area (Å²) >= 11 is 6.91. The fourth-order valence-corrected chi connectivity index (χ4v) is 6.50. The second-order valence-corrected chi connectivity index (χ2v) is 13.7. The van der Waals surface area contributed by atoms with Gasteiger partial charge in [-0.25, -0.2) is 9.37 Å². The number of carbonyl (C=O) groups is 3. The lowest BCUT2D eigenvalue weighted by Crippen LogP contribution is -2.41. The molecule has 2 aliphatic rings. The summed E-state index contributed by atoms with van der Waals surface area (Å²) in [5, 5.41) is 9.20. The van der Waals surface area contributed by atoms with E-state index in [-0.39, 0.29) is 23.0 Å². The Bertz CT molecular complexity index is 1880. The number of rotatable bonds is 11. The number of halogens is 2. The van der Waals surface area contributed by atoms with Gasteiger partial charge in [0.15, 0.2) is 0 Å². The van der Waals surface area contributed by atoms with Gasteiger partial charge in [0.1, 0.15) is 17.2 Å². The van der Waals surface area contributed by atoms with E-state index in [0.29, 0.717) is 50.8 Å². The highest BCUT2D eigenvalue weighted by Gasteiger charge is 2.30. The van der Waals surface area contributed by atoms with Crippen LogP contribution in [0.4, 0.5) is 10.1 Å². The number of aryl methyl sites for hydroxylation is 1. The lowest BCUT2D eigenvalue weighted by Gasteiger charge is -2.31. The molecule has 0 radical (unpaired) electrons. The number of ether oxygens (including phenoxy) is 1. The van der Waals surface area contributed by atoms with E-state index in [1.54, 1.807) is 45.2 Å². The maximum Gasteiger partial charge on any atom is 0.266 e. The monoisotopic (exact) mass is 732 g/mol. The number of methoxy groups -OCH3 is 1. The normalized spacial score (nSPS) is 14.4. The van der Waals surface area contributed by atoms with Gasteiger partial charge in [-0.05, 0) is 81.9 Å². The molecular weight excluding hydrogens is 683 g/mol. The predicted molar refractivity (Wildman–Crippen MR) is 205 cm³/mol. The number of aromatic nitrogens is 1. The van der Waals surface area contributed by atoms with Crippen LogP contribution < -0.4 is 20.7 Å². The molecule has 1 unspecified atom stereocenters. The number of hydrogen-bond acceptors (Lipinski definition) is 7. The van der Waals surface area contributed by atoms with Crippen molar-refractivity contribution in [3.05, 3.63) is 88.1 Å². The van der Waals surface area contributed by atoms with Gasteiger partial charge in [0, 0.05) is 60.2 Å². The van der Waals surface area contributed by atoms with Crippen molar-refractivity contribution in [3.63, 3.8) is 0 Å². The molecule has 0 fully saturated rings. The second-order valence-electron chi connectivity index (χ2n) is 13.3. The van der Waals surface area contributed by atoms with E-state index in [4.69, 9.17) is 21.3 Å². The van der Waals surface area contributed by atoms with Crippen molar-refractivity contribution in [1.29, 1.82) is 0 Å². The first-order valence-electron chi connectivity index (χ1n) is 17.6. The Kier molecular flexibility index (Phi) is 13.6. The van der Waals surface area contributed by atoms with Crippen molar-refractivity contribution in [2.24, 2.45) is 5.92 Å². The Labute approximate surface area is 311 Å². The maximum atomic E-state index is 15.3. The highest BCUT2D eigenvalue weighted by atomic mass is 35.5. The van der Waals surface area contributed by atoms with E-state index in [9.17, 15) is 14.4 Å². The van der Waals surface area contributed by atoms with Crippen LogP contribution >= 0.6 is 11.6 Å². The van der Waals surface area contributed by atoms with E-state index in [2.05, 4.69) is 29.5 Å². The van der Waals surface area contributed by atoms with Crippen LogP contribution in [0.2, 0.25) is 5.02 Å². The molecule has 0 saturated heterocycles. The molecule has 3 amide bonds. The number of carbonyl (C=O) groups excluding carboxylic acids is 3. The van der Waals surface area contributed by atoms with E-state index in [0.717, 1.165) is 44.2 Å². The van der Waals surface area contributed by atoms with Crippen LogP contribution in [-0.2, 0) is 27.2 Å². The van der Waals surface area contributed by atoms with Crippen molar-refractivity contribution < 1.29 is 23.5 Å². The molecule has 0 saturated carbocycles. The number of hydrogen-bond donors (Lipinski definition) is 3. The third kappa shape index (κ3) is 8.82. The Morgan fingerprint density at radius 2 is 1.85 bits per heavy atom. The summed E-state index contributed by atoms with van der Waals surface area (Å²) in [7, 11) is 6.77. The molecule has 1 aromatic heterocycles. The Hall–Kier alpha value is -4.74. The first kappa shape index (κ1) is 40.0. The molecule has 1 atom stereocenters. The van der Waals surface area contributed by atoms with Gasteiger partial charge in [-0.2, -0.15) is 0 Å². The van der Waals surface area contributed by atoms with Crippen LogP contribution in [0.3, 0.4) is 0 Å². The second kappa shape index (κ2) is 17.7. The average molecular weight is 733 g/mol. The summed E-state index contributed by atoms with van der Waals surface area (Å²) in [6, 6.07) is 10.5. The minimum Gasteiger partial charge on any atom is -0.481 e. The molecule has 52 heavy (non-hydrogen) atoms. The standard InChI is InChI=1S/C30H28ClFN4O3.C10H22N2O/c1-16-24(33-28(37)22-15-35(3)17(2)36(4)30(22)38)13-12-23(32)26(16)21-11-7-10-20(27(21)31)25-14-18-8-6-9-19(18)29(34-25)39-5;1-5-9(6-7-11-4)12-10(13)8(2)3/h7,10-15H,2,6,8-9H2,1,3-5H3,(H,33,37);8-9,11H,5-7H2,1-4H3,(H,12,13). The largest absolute Gasteiger partial charge is 0.481 e. The topological polar surface area (TPSA) is 116 Å². The number of amides is 3. The molecular formula is C40H50ClFN6O4. The minimum atomic E-state index is -0.610. The van der Waals surface area contributed by atoms with Crippen molar-refractivity contribution in [2.75, 3.05) is 40.1 Å². The maximum absolute atomic E-state index is 15.3. The van der Waals surface area contributed by atoms with Crippen LogP contribution in [0.25, 0.3) is 22.4 Å². The van der Waals surface area contributed by atoms with Gasteiger partial charge in [0.05, 0.1) is 17.8 Å². The number of likely N-dealkylation sites (N-methyl/N-ethyl adjacent to an activating group) is 1. The van der Waals surface area contributed by atoms with Crippen molar-refractivity contribution in [3.8, 4) is 28.3 Å². The third-order valence-corrected chi connectivity index (χ3v) is 9.86. The van der Waals surface area contributed by atoms with E-state index < -0.39 is 17.6 Å². The molecule has 1 aliphatic heterocycles. The zero-order valence-corrected chi connectivity index (χ0v) is 32.1. The van der Waals surface area contributed by atoms with E-state index in [1.165, 1.54) is 28.8 Å². The van der Waals surface area contributed by atoms with Crippen LogP contribution in [0, 0.1) is 18.7 Å². The Balaban J connectivity index is 0.000000398. The fraction of sp³-hybridized carbons (Fsp3) is 0.400. The smallest absolute Gasteiger partial charge is 0.266 e. The average Bonchev–Trinajstić information content (AvgIpc) is 3.61. The van der Waals surface area contributed by atoms with Gasteiger partial charge in [-0.3, -0.25) is 19.3 Å². The van der Waals surface area contributed by atoms with Gasteiger partial charge >= 0.3 is 0 Å². The molecule has 10 nitrogen and oxygen atoms in total. The minimum absolute atomic E-state index is 0.0608. The predicted octanol–water partition coefficient (Wildman–Crippen LogP) is 6.86. The molecule has 0 bridgehead atoms. The number of anilines is 1. The zero-order valence-electron chi connectivity index (χ0n) is 31.4. The molecule has 12 heteroatoms. The number of fused-ring (bicyclic) bond motifs is 1. The van der Waals surface area contributed by atoms with Gasteiger partial charge in [0.2, 0.25) is 11.8 Å². The van der Waals surface area contributed by atoms with Gasteiger partial charge in [0.25, 0.3) is 11.8 Å². The molecule has 1 aliphatic carbocycles. The lowest BCUT2D eigenvalue weighted by atomic mass is 9.95. The summed E-state index contributed by atoms with van der Waals surface area (Å²) in [5.74, 6) is -0.314. The van der Waals surface area contributed by atoms with Crippen molar-refractivity contribution in [1.82, 2.24) is 25.4 Å². The SMILES string of the molecule is C=C1N(C)C=C(C(=O)Nc2ccc(F)c(-c3cccc(-c4cc5c(c(OC)n4)CCC5)c3Cl)c2C)C(=O)N1C.CCC(CCNC)NC(=O)C(C)C. The molecule has 5 rings (SSSR count). The van der Waals surface area contributed by atoms with Crippen LogP contribution in [0.15, 0.2) is 60.6 Å². The summed E-state index contributed by atoms with van der Waals surface area (Å²) in [4.78, 5) is 44.7. The zero-order chi connectivity index (χ0) is 38.3. The molecule has 2 aromatic carbocycles. The Morgan fingerprint density at radius 3 is 2.50 bits per heavy atom.